The second-order valence-electron chi connectivity index (χ2n) is 27.3. The highest BCUT2D eigenvalue weighted by Crippen LogP contribution is 2.38. The van der Waals surface area contributed by atoms with Crippen LogP contribution in [0.25, 0.3) is 174 Å². The van der Waals surface area contributed by atoms with Gasteiger partial charge in [-0.15, -0.1) is 0 Å². The maximum atomic E-state index is 2.24. The second-order valence-corrected chi connectivity index (χ2v) is 27.3. The van der Waals surface area contributed by atoms with E-state index in [2.05, 4.69) is 425 Å². The number of hydrogen-bond donors (Lipinski definition) is 0. The predicted octanol–water partition coefficient (Wildman–Crippen LogP) is 30.7. The third-order valence-corrected chi connectivity index (χ3v) is 20.7. The first-order chi connectivity index (χ1) is 53.6. The molecule has 0 N–H and O–H groups in total. The van der Waals surface area contributed by atoms with Crippen molar-refractivity contribution in [1.82, 2.24) is 0 Å². The van der Waals surface area contributed by atoms with Gasteiger partial charge in [0.15, 0.2) is 0 Å². The molecule has 0 radical (unpaired) electrons. The van der Waals surface area contributed by atoms with Gasteiger partial charge in [-0.1, -0.05) is 449 Å². The molecule has 0 fully saturated rings. The Bertz CT molecular complexity index is 6390. The fourth-order valence-corrected chi connectivity index (χ4v) is 15.5. The van der Waals surface area contributed by atoms with Crippen LogP contribution in [0, 0.1) is 0 Å². The standard InChI is InChI=1S/2C18H12.C16H10.2C14H10.C12H8.C10H8.C6H6/c1-3-7-15-13(5-1)9-11-18-16-8-4-2-6-14(16)10-12-17(15)18;1-2-8-14-13(7-1)15-9-3-4-11-17(15)18-12-6-5-10-16(14)18;1-3-11-7-9-13-5-2-6-14-10-8-12(4-1)15(11)16(13)14;1-3-7-13-11(5-1)9-10-12-6-2-4-8-14(12)13;1-2-6-12-10-14-8-4-3-7-13(14)9-11(12)5-1;1-3-9-4-2-6-11-8-7-10(5-1)12(9)11;1-2-6-10-8-4-3-7-9(10)5-1;1-2-4-6-5-3-1/h2*1-12H;1-10H;2*1-10H;1-8H;1-8H;1-6H. The summed E-state index contributed by atoms with van der Waals surface area (Å²) in [6.45, 7) is 0. The van der Waals surface area contributed by atoms with Crippen molar-refractivity contribution in [2.75, 3.05) is 0 Å². The average Bonchev–Trinajstić information content (AvgIpc) is 0.983. The predicted molar refractivity (Wildman–Crippen MR) is 474 cm³/mol. The minimum atomic E-state index is 1.31. The van der Waals surface area contributed by atoms with Crippen molar-refractivity contribution in [2.24, 2.45) is 0 Å². The van der Waals surface area contributed by atoms with Crippen LogP contribution < -0.4 is 0 Å². The molecule has 0 unspecified atom stereocenters. The van der Waals surface area contributed by atoms with Gasteiger partial charge < -0.3 is 0 Å². The van der Waals surface area contributed by atoms with Gasteiger partial charge in [0.1, 0.15) is 0 Å². The minimum absolute atomic E-state index is 1.31. The molecule has 0 bridgehead atoms. The first-order valence-corrected chi connectivity index (χ1v) is 37.2. The van der Waals surface area contributed by atoms with E-state index in [9.17, 15) is 0 Å². The van der Waals surface area contributed by atoms with Gasteiger partial charge in [0.25, 0.3) is 0 Å². The zero-order chi connectivity index (χ0) is 72.2. The van der Waals surface area contributed by atoms with Gasteiger partial charge >= 0.3 is 0 Å². The van der Waals surface area contributed by atoms with E-state index < -0.39 is 0 Å². The SMILES string of the molecule is C1=Cc2cccc3cccc1c23.c1cc2ccc3cccc4ccc(c1)c2c34.c1ccc2c(c1)c1ccccc1c1ccccc21.c1ccc2c(c1)ccc1c3ccccc3ccc21.c1ccc2c(c1)ccc1ccccc12.c1ccc2cc3ccccc3cc2c1.c1ccc2ccccc2c1.c1ccccc1. The highest BCUT2D eigenvalue weighted by atomic mass is 14.1. The molecule has 0 nitrogen and oxygen atoms in total. The number of fused-ring (bicyclic) bond motifs is 17. The molecule has 0 atom stereocenters. The van der Waals surface area contributed by atoms with Crippen LogP contribution in [0.5, 0.6) is 0 Å². The van der Waals surface area contributed by atoms with E-state index >= 15 is 0 Å². The zero-order valence-electron chi connectivity index (χ0n) is 59.9. The summed E-state index contributed by atoms with van der Waals surface area (Å²) in [4.78, 5) is 0. The fraction of sp³-hybridized carbons (Fsp3) is 0. The molecule has 108 heavy (non-hydrogen) atoms. The topological polar surface area (TPSA) is 0 Å². The molecule has 0 saturated heterocycles. The Morgan fingerprint density at radius 3 is 0.546 bits per heavy atom. The van der Waals surface area contributed by atoms with Gasteiger partial charge in [-0.2, -0.15) is 0 Å². The first-order valence-electron chi connectivity index (χ1n) is 37.2. The summed E-state index contributed by atoms with van der Waals surface area (Å²) < 4.78 is 0. The van der Waals surface area contributed by atoms with Crippen LogP contribution in [0.3, 0.4) is 0 Å². The summed E-state index contributed by atoms with van der Waals surface area (Å²) in [6, 6.07) is 158. The first kappa shape index (κ1) is 67.2. The summed E-state index contributed by atoms with van der Waals surface area (Å²) in [5.41, 5.74) is 2.70. The summed E-state index contributed by atoms with van der Waals surface area (Å²) in [5, 5.41) is 40.0. The lowest BCUT2D eigenvalue weighted by Gasteiger charge is -2.09. The molecule has 1 aliphatic carbocycles. The van der Waals surface area contributed by atoms with Crippen LogP contribution in [0.4, 0.5) is 0 Å². The fourth-order valence-electron chi connectivity index (χ4n) is 15.5. The number of benzene rings is 23. The Balaban J connectivity index is 0.0000000917. The average molecular weight is 1370 g/mol. The minimum Gasteiger partial charge on any atom is -0.0623 e. The van der Waals surface area contributed by atoms with Gasteiger partial charge in [0.05, 0.1) is 0 Å². The van der Waals surface area contributed by atoms with E-state index in [1.165, 1.54) is 173 Å². The van der Waals surface area contributed by atoms with Crippen LogP contribution in [-0.2, 0) is 0 Å². The van der Waals surface area contributed by atoms with Crippen LogP contribution in [0.15, 0.2) is 449 Å². The van der Waals surface area contributed by atoms with Crippen molar-refractivity contribution in [2.45, 2.75) is 0 Å². The summed E-state index contributed by atoms with van der Waals surface area (Å²) in [5.74, 6) is 0. The van der Waals surface area contributed by atoms with E-state index in [4.69, 9.17) is 0 Å². The van der Waals surface area contributed by atoms with Crippen LogP contribution in [0.2, 0.25) is 0 Å². The monoisotopic (exact) mass is 1370 g/mol. The van der Waals surface area contributed by atoms with E-state index in [1.54, 1.807) is 0 Å². The molecular formula is C108H76. The highest BCUT2D eigenvalue weighted by Gasteiger charge is 2.11. The smallest absolute Gasteiger partial charge is 0.00268 e. The summed E-state index contributed by atoms with van der Waals surface area (Å²) in [6.07, 6.45) is 4.36. The molecule has 0 spiro atoms. The van der Waals surface area contributed by atoms with Gasteiger partial charge in [-0.05, 0) is 185 Å². The molecule has 0 heteroatoms. The molecule has 508 valence electrons. The van der Waals surface area contributed by atoms with Crippen LogP contribution in [0.1, 0.15) is 11.1 Å². The molecule has 23 aromatic carbocycles. The van der Waals surface area contributed by atoms with Crippen LogP contribution in [-0.4, -0.2) is 0 Å². The number of rotatable bonds is 0. The Morgan fingerprint density at radius 2 is 0.269 bits per heavy atom. The van der Waals surface area contributed by atoms with Crippen molar-refractivity contribution in [3.63, 3.8) is 0 Å². The van der Waals surface area contributed by atoms with E-state index in [1.807, 2.05) is 36.4 Å². The van der Waals surface area contributed by atoms with Crippen molar-refractivity contribution >= 4 is 174 Å². The summed E-state index contributed by atoms with van der Waals surface area (Å²) in [7, 11) is 0. The Morgan fingerprint density at radius 1 is 0.0926 bits per heavy atom. The molecule has 0 amide bonds. The molecule has 0 saturated carbocycles. The van der Waals surface area contributed by atoms with Gasteiger partial charge in [0.2, 0.25) is 0 Å². The van der Waals surface area contributed by atoms with Crippen molar-refractivity contribution in [3.05, 3.63) is 460 Å². The molecule has 24 rings (SSSR count). The molecule has 0 aromatic heterocycles. The van der Waals surface area contributed by atoms with E-state index in [0.29, 0.717) is 0 Å². The molecule has 0 heterocycles. The molecular weight excluding hydrogens is 1300 g/mol. The van der Waals surface area contributed by atoms with E-state index in [-0.39, 0.29) is 0 Å². The second kappa shape index (κ2) is 31.5. The highest BCUT2D eigenvalue weighted by molar-refractivity contribution is 6.26. The van der Waals surface area contributed by atoms with Crippen molar-refractivity contribution in [3.8, 4) is 0 Å². The normalized spacial score (nSPS) is 11.1. The Hall–Kier alpha value is -14.0. The lowest BCUT2D eigenvalue weighted by Crippen LogP contribution is -1.82. The largest absolute Gasteiger partial charge is 0.0623 e. The molecule has 0 aliphatic heterocycles. The van der Waals surface area contributed by atoms with Gasteiger partial charge in [-0.25, -0.2) is 0 Å². The quantitative estimate of drug-likeness (QED) is 0.105. The van der Waals surface area contributed by atoms with Gasteiger partial charge in [0, 0.05) is 0 Å². The maximum Gasteiger partial charge on any atom is -0.00268 e. The van der Waals surface area contributed by atoms with E-state index in [0.717, 1.165) is 0 Å². The summed E-state index contributed by atoms with van der Waals surface area (Å²) >= 11 is 0. The van der Waals surface area contributed by atoms with Gasteiger partial charge in [-0.3, -0.25) is 0 Å². The van der Waals surface area contributed by atoms with Crippen molar-refractivity contribution in [1.29, 1.82) is 0 Å². The third-order valence-electron chi connectivity index (χ3n) is 20.7. The third kappa shape index (κ3) is 14.3. The molecule has 1 aliphatic rings. The molecule has 23 aromatic rings. The lowest BCUT2D eigenvalue weighted by atomic mass is 9.95. The number of hydrogen-bond acceptors (Lipinski definition) is 0. The Labute approximate surface area is 629 Å². The maximum absolute atomic E-state index is 2.24. The zero-order valence-corrected chi connectivity index (χ0v) is 59.9. The van der Waals surface area contributed by atoms with Crippen LogP contribution >= 0.6 is 0 Å². The van der Waals surface area contributed by atoms with Crippen molar-refractivity contribution < 1.29 is 0 Å². The Kier molecular flexibility index (Phi) is 19.6. The lowest BCUT2D eigenvalue weighted by molar-refractivity contribution is 1.72.